The Bertz CT molecular complexity index is 1510. The van der Waals surface area contributed by atoms with Gasteiger partial charge in [-0.1, -0.05) is 54.6 Å². The highest BCUT2D eigenvalue weighted by Crippen LogP contribution is 2.06. The van der Waals surface area contributed by atoms with Gasteiger partial charge in [-0.25, -0.2) is 14.4 Å². The molecule has 0 spiro atoms. The molecule has 0 heterocycles. The van der Waals surface area contributed by atoms with E-state index < -0.39 is 59.4 Å². The monoisotopic (exact) mass is 679 g/mol. The van der Waals surface area contributed by atoms with E-state index in [1.165, 1.54) is 34.3 Å². The molecule has 0 radical (unpaired) electrons. The summed E-state index contributed by atoms with van der Waals surface area (Å²) < 4.78 is 14.0. The van der Waals surface area contributed by atoms with Crippen molar-refractivity contribution in [2.75, 3.05) is 21.3 Å². The van der Waals surface area contributed by atoms with Gasteiger partial charge in [-0.2, -0.15) is 0 Å². The molecule has 0 aliphatic heterocycles. The number of benzene rings is 2. The minimum atomic E-state index is -0.936. The number of allylic oxidation sites excluding steroid dienone is 1. The van der Waals surface area contributed by atoms with Crippen molar-refractivity contribution in [1.29, 1.82) is 0 Å². The van der Waals surface area contributed by atoms with Crippen LogP contribution in [0.3, 0.4) is 0 Å². The topological polar surface area (TPSA) is 200 Å². The molecule has 0 fully saturated rings. The van der Waals surface area contributed by atoms with Crippen molar-refractivity contribution >= 4 is 47.2 Å². The fraction of sp³-hybridized carbons (Fsp3) is 0.314. The predicted molar refractivity (Wildman–Crippen MR) is 177 cm³/mol. The Hall–Kier alpha value is -5.92. The quantitative estimate of drug-likeness (QED) is 0.0771. The lowest BCUT2D eigenvalue weighted by atomic mass is 10.1. The Morgan fingerprint density at radius 2 is 0.898 bits per heavy atom. The molecule has 0 aliphatic carbocycles. The minimum Gasteiger partial charge on any atom is -0.467 e. The first-order valence-corrected chi connectivity index (χ1v) is 14.9. The number of ether oxygens (including phenoxy) is 3. The third kappa shape index (κ3) is 16.0. The summed E-state index contributed by atoms with van der Waals surface area (Å²) in [6, 6.07) is 14.2. The van der Waals surface area contributed by atoms with E-state index in [0.29, 0.717) is 11.1 Å². The highest BCUT2D eigenvalue weighted by molar-refractivity contribution is 6.40. The summed E-state index contributed by atoms with van der Waals surface area (Å²) in [6.07, 6.45) is 6.09. The molecule has 2 aromatic rings. The summed E-state index contributed by atoms with van der Waals surface area (Å²) in [5, 5.41) is 7.62. The number of Topliss-reactive ketones (excluding diaryl/α,β-unsaturated/α-hetero) is 1. The molecule has 0 aromatic heterocycles. The first kappa shape index (κ1) is 41.1. The van der Waals surface area contributed by atoms with Crippen molar-refractivity contribution in [2.24, 2.45) is 0 Å². The van der Waals surface area contributed by atoms with Crippen molar-refractivity contribution < 1.29 is 52.6 Å². The van der Waals surface area contributed by atoms with Crippen LogP contribution in [0.15, 0.2) is 85.0 Å². The van der Waals surface area contributed by atoms with Crippen LogP contribution in [0.2, 0.25) is 0 Å². The number of ketones is 2. The summed E-state index contributed by atoms with van der Waals surface area (Å²) in [4.78, 5) is 92.6. The van der Waals surface area contributed by atoms with Gasteiger partial charge in [0.25, 0.3) is 11.8 Å². The number of carbonyl (C=O) groups is 8. The lowest BCUT2D eigenvalue weighted by molar-refractivity contribution is -0.145. The zero-order chi connectivity index (χ0) is 36.8. The molecule has 0 unspecified atom stereocenters. The molecule has 0 saturated carbocycles. The van der Waals surface area contributed by atoms with Gasteiger partial charge in [0.05, 0.1) is 21.3 Å². The minimum absolute atomic E-state index is 0.0459. The normalized spacial score (nSPS) is 12.3. The molecule has 2 rings (SSSR count). The molecule has 0 saturated heterocycles. The molecule has 14 heteroatoms. The van der Waals surface area contributed by atoms with Gasteiger partial charge in [0.1, 0.15) is 18.1 Å². The van der Waals surface area contributed by atoms with Crippen LogP contribution in [0.25, 0.3) is 0 Å². The highest BCUT2D eigenvalue weighted by atomic mass is 16.5. The summed E-state index contributed by atoms with van der Waals surface area (Å²) in [5.41, 5.74) is 0.826. The van der Waals surface area contributed by atoms with Gasteiger partial charge in [0.15, 0.2) is 5.78 Å². The van der Waals surface area contributed by atoms with Crippen LogP contribution in [0.1, 0.15) is 53.8 Å². The van der Waals surface area contributed by atoms with Gasteiger partial charge in [-0.05, 0) is 49.6 Å². The number of carbonyl (C=O) groups excluding carboxylic acids is 8. The second-order valence-electron chi connectivity index (χ2n) is 10.1. The number of hydrogen-bond donors (Lipinski definition) is 3. The number of hydrogen-bond acceptors (Lipinski definition) is 11. The lowest BCUT2D eigenvalue weighted by Gasteiger charge is -2.15. The second-order valence-corrected chi connectivity index (χ2v) is 10.1. The van der Waals surface area contributed by atoms with Crippen molar-refractivity contribution in [3.05, 3.63) is 96.1 Å². The molecular formula is C35H41N3O11. The van der Waals surface area contributed by atoms with Gasteiger partial charge in [0.2, 0.25) is 11.7 Å². The van der Waals surface area contributed by atoms with E-state index >= 15 is 0 Å². The molecule has 0 bridgehead atoms. The molecule has 2 aromatic carbocycles. The van der Waals surface area contributed by atoms with Crippen molar-refractivity contribution in [1.82, 2.24) is 16.0 Å². The third-order valence-corrected chi connectivity index (χ3v) is 6.42. The fourth-order valence-electron chi connectivity index (χ4n) is 3.87. The Labute approximate surface area is 284 Å². The van der Waals surface area contributed by atoms with Gasteiger partial charge in [0, 0.05) is 25.0 Å². The molecule has 49 heavy (non-hydrogen) atoms. The molecule has 14 nitrogen and oxygen atoms in total. The van der Waals surface area contributed by atoms with Gasteiger partial charge in [-0.15, -0.1) is 0 Å². The summed E-state index contributed by atoms with van der Waals surface area (Å²) in [7, 11) is 3.67. The molecule has 3 atom stereocenters. The van der Waals surface area contributed by atoms with Crippen LogP contribution in [0.4, 0.5) is 0 Å². The summed E-state index contributed by atoms with van der Waals surface area (Å²) >= 11 is 0. The Kier molecular flexibility index (Phi) is 18.9. The number of amides is 3. The number of nitrogens with one attached hydrogen (secondary N) is 3. The smallest absolute Gasteiger partial charge is 0.328 e. The molecular weight excluding hydrogens is 638 g/mol. The fourth-order valence-corrected chi connectivity index (χ4v) is 3.87. The first-order valence-electron chi connectivity index (χ1n) is 14.9. The standard InChI is InChI=1S/C19H24N2O6.C16H17NO5/c1-13(22)20-15(18(24)26-2)11-7-8-12-16(19(25)27-3)21-17(23)14-9-5-4-6-10-14;1-11(18)14(19)10-6-9-13(16(21)22-2)17-15(20)12-7-4-3-5-8-12/h4-10,15-16H,11-12H2,1-3H3,(H,20,22)(H,21,23);3-8,10,13H,9H2,1-2H3,(H,17,20)/t15-,16-;13-/m00/s1. The van der Waals surface area contributed by atoms with E-state index in [0.717, 1.165) is 13.0 Å². The van der Waals surface area contributed by atoms with Gasteiger partial charge < -0.3 is 30.2 Å². The van der Waals surface area contributed by atoms with Crippen LogP contribution >= 0.6 is 0 Å². The summed E-state index contributed by atoms with van der Waals surface area (Å²) in [6.45, 7) is 2.45. The SMILES string of the molecule is COC(=O)[C@H](CC=CC(=O)C(C)=O)NC(=O)c1ccccc1.COC(=O)[C@H](CC=CC[C@H](NC(=O)c1ccccc1)C(=O)OC)NC(C)=O. The first-order chi connectivity index (χ1) is 23.3. The largest absolute Gasteiger partial charge is 0.467 e. The predicted octanol–water partition coefficient (Wildman–Crippen LogP) is 2.03. The lowest BCUT2D eigenvalue weighted by Crippen LogP contribution is -2.41. The van der Waals surface area contributed by atoms with Crippen molar-refractivity contribution in [3.63, 3.8) is 0 Å². The molecule has 3 N–H and O–H groups in total. The average Bonchev–Trinajstić information content (AvgIpc) is 3.11. The third-order valence-electron chi connectivity index (χ3n) is 6.42. The van der Waals surface area contributed by atoms with Crippen LogP contribution < -0.4 is 16.0 Å². The van der Waals surface area contributed by atoms with Crippen molar-refractivity contribution in [2.45, 2.75) is 51.2 Å². The van der Waals surface area contributed by atoms with E-state index in [4.69, 9.17) is 4.74 Å². The zero-order valence-electron chi connectivity index (χ0n) is 27.9. The maximum absolute atomic E-state index is 12.2. The van der Waals surface area contributed by atoms with E-state index in [9.17, 15) is 38.4 Å². The van der Waals surface area contributed by atoms with E-state index in [1.54, 1.807) is 72.8 Å². The van der Waals surface area contributed by atoms with Crippen LogP contribution in [-0.4, -0.2) is 86.7 Å². The maximum atomic E-state index is 12.2. The Balaban J connectivity index is 0.000000500. The number of rotatable bonds is 16. The summed E-state index contributed by atoms with van der Waals surface area (Å²) in [5.74, 6) is -4.25. The van der Waals surface area contributed by atoms with E-state index in [1.807, 2.05) is 0 Å². The second kappa shape index (κ2) is 22.6. The van der Waals surface area contributed by atoms with Crippen LogP contribution in [-0.2, 0) is 43.0 Å². The van der Waals surface area contributed by atoms with Gasteiger partial charge >= 0.3 is 17.9 Å². The molecule has 3 amide bonds. The number of esters is 3. The van der Waals surface area contributed by atoms with Gasteiger partial charge in [-0.3, -0.25) is 24.0 Å². The van der Waals surface area contributed by atoms with E-state index in [2.05, 4.69) is 25.4 Å². The number of methoxy groups -OCH3 is 3. The van der Waals surface area contributed by atoms with E-state index in [-0.39, 0.29) is 25.2 Å². The average molecular weight is 680 g/mol. The van der Waals surface area contributed by atoms with Crippen LogP contribution in [0.5, 0.6) is 0 Å². The van der Waals surface area contributed by atoms with Crippen LogP contribution in [0, 0.1) is 0 Å². The molecule has 0 aliphatic rings. The zero-order valence-corrected chi connectivity index (χ0v) is 27.9. The Morgan fingerprint density at radius 1 is 0.551 bits per heavy atom. The molecule has 262 valence electrons. The highest BCUT2D eigenvalue weighted by Gasteiger charge is 2.23. The van der Waals surface area contributed by atoms with Crippen molar-refractivity contribution in [3.8, 4) is 0 Å². The maximum Gasteiger partial charge on any atom is 0.328 e. The Morgan fingerprint density at radius 3 is 1.22 bits per heavy atom.